The molecule has 1 rings (SSSR count). The second kappa shape index (κ2) is 9.86. The second-order valence-corrected chi connectivity index (χ2v) is 10.4. The molecule has 0 saturated heterocycles. The zero-order valence-corrected chi connectivity index (χ0v) is 20.3. The Bertz CT molecular complexity index is 681. The number of carbonyl (C=O) groups excluding carboxylic acids is 1. The topological polar surface area (TPSA) is 44.8 Å². The Hall–Kier alpha value is -1.71. The van der Waals surface area contributed by atoms with E-state index in [0.29, 0.717) is 13.0 Å². The molecule has 166 valence electrons. The van der Waals surface area contributed by atoms with Gasteiger partial charge in [-0.25, -0.2) is 0 Å². The minimum Gasteiger partial charge on any atom is -0.496 e. The third kappa shape index (κ3) is 7.24. The summed E-state index contributed by atoms with van der Waals surface area (Å²) in [5.41, 5.74) is 2.29. The van der Waals surface area contributed by atoms with Crippen LogP contribution in [0.1, 0.15) is 92.2 Å². The van der Waals surface area contributed by atoms with Crippen LogP contribution in [0.4, 0.5) is 0 Å². The zero-order valence-electron chi connectivity index (χ0n) is 20.3. The molecule has 0 aromatic heterocycles. The van der Waals surface area contributed by atoms with Gasteiger partial charge in [0.05, 0.1) is 20.8 Å². The van der Waals surface area contributed by atoms with Gasteiger partial charge in [-0.15, -0.1) is 0 Å². The summed E-state index contributed by atoms with van der Waals surface area (Å²) in [5, 5.41) is 0. The fraction of sp³-hybridized carbons (Fsp3) is 0.720. The van der Waals surface area contributed by atoms with Crippen LogP contribution < -0.4 is 9.47 Å². The van der Waals surface area contributed by atoms with E-state index in [-0.39, 0.29) is 22.2 Å². The van der Waals surface area contributed by atoms with E-state index in [0.717, 1.165) is 36.3 Å². The van der Waals surface area contributed by atoms with Gasteiger partial charge in [0.15, 0.2) is 0 Å². The maximum Gasteiger partial charge on any atom is 0.305 e. The van der Waals surface area contributed by atoms with Gasteiger partial charge in [-0.3, -0.25) is 4.79 Å². The molecule has 0 N–H and O–H groups in total. The summed E-state index contributed by atoms with van der Waals surface area (Å²) in [4.78, 5) is 11.5. The van der Waals surface area contributed by atoms with E-state index in [2.05, 4.69) is 60.6 Å². The van der Waals surface area contributed by atoms with E-state index in [1.165, 1.54) is 12.7 Å². The first kappa shape index (κ1) is 25.3. The van der Waals surface area contributed by atoms with Crippen LogP contribution in [-0.2, 0) is 20.4 Å². The minimum atomic E-state index is -0.165. The van der Waals surface area contributed by atoms with Crippen LogP contribution >= 0.6 is 0 Å². The van der Waals surface area contributed by atoms with Crippen molar-refractivity contribution in [1.29, 1.82) is 0 Å². The molecule has 0 aliphatic heterocycles. The molecule has 0 radical (unpaired) electrons. The lowest BCUT2D eigenvalue weighted by molar-refractivity contribution is -0.140. The maximum atomic E-state index is 11.5. The Balaban J connectivity index is 3.37. The van der Waals surface area contributed by atoms with Crippen molar-refractivity contribution in [2.24, 2.45) is 5.41 Å². The number of ether oxygens (including phenoxy) is 3. The SMILES string of the molecule is CCOc1cc(C(C)(C)CCCC(=O)OC)c(OC)cc1C(C)(C)CC(C)(C)C. The van der Waals surface area contributed by atoms with Crippen LogP contribution in [0.15, 0.2) is 12.1 Å². The molecule has 0 heterocycles. The molecule has 0 spiro atoms. The molecule has 1 aromatic rings. The summed E-state index contributed by atoms with van der Waals surface area (Å²) in [6, 6.07) is 4.31. The van der Waals surface area contributed by atoms with Gasteiger partial charge in [-0.2, -0.15) is 0 Å². The lowest BCUT2D eigenvalue weighted by Gasteiger charge is -2.36. The van der Waals surface area contributed by atoms with Gasteiger partial charge >= 0.3 is 5.97 Å². The van der Waals surface area contributed by atoms with Gasteiger partial charge in [0.25, 0.3) is 0 Å². The number of hydrogen-bond donors (Lipinski definition) is 0. The lowest BCUT2D eigenvalue weighted by Crippen LogP contribution is -2.26. The van der Waals surface area contributed by atoms with Crippen molar-refractivity contribution in [3.8, 4) is 11.5 Å². The number of rotatable bonds is 10. The van der Waals surface area contributed by atoms with Crippen molar-refractivity contribution in [1.82, 2.24) is 0 Å². The smallest absolute Gasteiger partial charge is 0.305 e. The lowest BCUT2D eigenvalue weighted by atomic mass is 9.71. The standard InChI is InChI=1S/C25H42O4/c1-11-29-21-16-18(24(5,6)14-12-13-22(26)28-10)20(27-9)15-19(21)25(7,8)17-23(2,3)4/h15-16H,11-14,17H2,1-10H3. The molecular weight excluding hydrogens is 364 g/mol. The Labute approximate surface area is 178 Å². The van der Waals surface area contributed by atoms with Crippen molar-refractivity contribution in [3.63, 3.8) is 0 Å². The average Bonchev–Trinajstić information content (AvgIpc) is 2.59. The average molecular weight is 407 g/mol. The summed E-state index contributed by atoms with van der Waals surface area (Å²) in [5.74, 6) is 1.65. The fourth-order valence-corrected chi connectivity index (χ4v) is 4.39. The Morgan fingerprint density at radius 3 is 1.93 bits per heavy atom. The monoisotopic (exact) mass is 406 g/mol. The minimum absolute atomic E-state index is 0.0520. The van der Waals surface area contributed by atoms with Crippen molar-refractivity contribution >= 4 is 5.97 Å². The molecular formula is C25H42O4. The first-order valence-electron chi connectivity index (χ1n) is 10.7. The number of esters is 1. The van der Waals surface area contributed by atoms with Gasteiger partial charge in [0.2, 0.25) is 0 Å². The first-order valence-corrected chi connectivity index (χ1v) is 10.7. The van der Waals surface area contributed by atoms with E-state index >= 15 is 0 Å². The third-order valence-corrected chi connectivity index (χ3v) is 5.44. The number of hydrogen-bond acceptors (Lipinski definition) is 4. The molecule has 0 fully saturated rings. The zero-order chi connectivity index (χ0) is 22.5. The highest BCUT2D eigenvalue weighted by molar-refractivity contribution is 5.69. The highest BCUT2D eigenvalue weighted by Crippen LogP contribution is 2.46. The number of carbonyl (C=O) groups is 1. The summed E-state index contributed by atoms with van der Waals surface area (Å²) < 4.78 is 16.7. The molecule has 0 saturated carbocycles. The van der Waals surface area contributed by atoms with Gasteiger partial charge in [-0.1, -0.05) is 48.5 Å². The summed E-state index contributed by atoms with van der Waals surface area (Å²) in [6.45, 7) is 18.4. The van der Waals surface area contributed by atoms with Crippen LogP contribution in [0.25, 0.3) is 0 Å². The van der Waals surface area contributed by atoms with Crippen LogP contribution in [0, 0.1) is 5.41 Å². The highest BCUT2D eigenvalue weighted by atomic mass is 16.5. The summed E-state index contributed by atoms with van der Waals surface area (Å²) >= 11 is 0. The van der Waals surface area contributed by atoms with Crippen molar-refractivity contribution in [2.45, 2.75) is 91.9 Å². The van der Waals surface area contributed by atoms with Crippen molar-refractivity contribution in [3.05, 3.63) is 23.3 Å². The molecule has 4 nitrogen and oxygen atoms in total. The van der Waals surface area contributed by atoms with E-state index in [9.17, 15) is 4.79 Å². The van der Waals surface area contributed by atoms with E-state index < -0.39 is 0 Å². The Morgan fingerprint density at radius 2 is 1.45 bits per heavy atom. The van der Waals surface area contributed by atoms with E-state index in [1.54, 1.807) is 7.11 Å². The summed E-state index contributed by atoms with van der Waals surface area (Å²) in [6.07, 6.45) is 3.08. The van der Waals surface area contributed by atoms with Gasteiger partial charge in [-0.05, 0) is 54.6 Å². The van der Waals surface area contributed by atoms with Crippen molar-refractivity contribution in [2.75, 3.05) is 20.8 Å². The number of methoxy groups -OCH3 is 2. The van der Waals surface area contributed by atoms with E-state index in [1.807, 2.05) is 6.92 Å². The van der Waals surface area contributed by atoms with Crippen molar-refractivity contribution < 1.29 is 19.0 Å². The Morgan fingerprint density at radius 1 is 0.897 bits per heavy atom. The quantitative estimate of drug-likeness (QED) is 0.420. The molecule has 0 bridgehead atoms. The van der Waals surface area contributed by atoms with Gasteiger partial charge < -0.3 is 14.2 Å². The molecule has 29 heavy (non-hydrogen) atoms. The predicted molar refractivity (Wildman–Crippen MR) is 120 cm³/mol. The van der Waals surface area contributed by atoms with Crippen LogP contribution in [0.3, 0.4) is 0 Å². The Kier molecular flexibility index (Phi) is 8.61. The predicted octanol–water partition coefficient (Wildman–Crippen LogP) is 6.43. The molecule has 1 aromatic carbocycles. The second-order valence-electron chi connectivity index (χ2n) is 10.4. The third-order valence-electron chi connectivity index (χ3n) is 5.44. The van der Waals surface area contributed by atoms with E-state index in [4.69, 9.17) is 14.2 Å². The first-order chi connectivity index (χ1) is 13.3. The normalized spacial score (nSPS) is 12.6. The molecule has 0 atom stereocenters. The van der Waals surface area contributed by atoms with Crippen LogP contribution in [0.5, 0.6) is 11.5 Å². The summed E-state index contributed by atoms with van der Waals surface area (Å²) in [7, 11) is 3.16. The molecule has 0 unspecified atom stereocenters. The largest absolute Gasteiger partial charge is 0.496 e. The molecule has 0 aliphatic carbocycles. The number of benzene rings is 1. The molecule has 0 amide bonds. The highest BCUT2D eigenvalue weighted by Gasteiger charge is 2.33. The van der Waals surface area contributed by atoms with Gasteiger partial charge in [0.1, 0.15) is 11.5 Å². The molecule has 4 heteroatoms. The van der Waals surface area contributed by atoms with Crippen LogP contribution in [0.2, 0.25) is 0 Å². The van der Waals surface area contributed by atoms with Crippen LogP contribution in [-0.4, -0.2) is 26.8 Å². The van der Waals surface area contributed by atoms with Gasteiger partial charge in [0, 0.05) is 17.5 Å². The maximum absolute atomic E-state index is 11.5. The fourth-order valence-electron chi connectivity index (χ4n) is 4.39. The molecule has 0 aliphatic rings.